The quantitative estimate of drug-likeness (QED) is 0.846. The molecule has 0 spiro atoms. The topological polar surface area (TPSA) is 59.1 Å². The smallest absolute Gasteiger partial charge is 0.232 e. The minimum Gasteiger partial charge on any atom is -0.351 e. The Kier molecular flexibility index (Phi) is 6.27. The van der Waals surface area contributed by atoms with Crippen molar-refractivity contribution in [3.05, 3.63) is 52.0 Å². The lowest BCUT2D eigenvalue weighted by atomic mass is 10.2. The number of carbonyl (C=O) groups is 1. The molecule has 0 aliphatic heterocycles. The van der Waals surface area contributed by atoms with Crippen LogP contribution in [0.2, 0.25) is 0 Å². The summed E-state index contributed by atoms with van der Waals surface area (Å²) in [5.41, 5.74) is 1.84. The molecular weight excluding hydrogens is 316 g/mol. The zero-order valence-corrected chi connectivity index (χ0v) is 14.4. The molecule has 1 amide bonds. The number of amides is 1. The molecule has 2 aromatic rings. The first-order valence-electron chi connectivity index (χ1n) is 7.14. The first-order valence-corrected chi connectivity index (χ1v) is 9.51. The number of benzene rings is 1. The lowest BCUT2D eigenvalue weighted by Crippen LogP contribution is -2.28. The monoisotopic (exact) mass is 336 g/mol. The van der Waals surface area contributed by atoms with Gasteiger partial charge in [-0.25, -0.2) is 4.98 Å². The summed E-state index contributed by atoms with van der Waals surface area (Å²) in [6, 6.07) is 9.67. The second-order valence-electron chi connectivity index (χ2n) is 5.32. The van der Waals surface area contributed by atoms with E-state index in [9.17, 15) is 9.00 Å². The Hall–Kier alpha value is -1.53. The number of aromatic nitrogens is 1. The number of rotatable bonds is 7. The zero-order chi connectivity index (χ0) is 15.9. The third-order valence-corrected chi connectivity index (χ3v) is 5.39. The maximum absolute atomic E-state index is 12.0. The van der Waals surface area contributed by atoms with Crippen LogP contribution in [-0.2, 0) is 27.9 Å². The van der Waals surface area contributed by atoms with Crippen molar-refractivity contribution in [2.75, 3.05) is 5.75 Å². The summed E-state index contributed by atoms with van der Waals surface area (Å²) >= 11 is 1.58. The third kappa shape index (κ3) is 5.35. The van der Waals surface area contributed by atoms with Gasteiger partial charge in [0.1, 0.15) is 5.75 Å². The zero-order valence-electron chi connectivity index (χ0n) is 12.7. The summed E-state index contributed by atoms with van der Waals surface area (Å²) in [5.74, 6) is 0.534. The van der Waals surface area contributed by atoms with E-state index in [1.807, 2.05) is 35.7 Å². The second-order valence-corrected chi connectivity index (χ2v) is 7.67. The third-order valence-electron chi connectivity index (χ3n) is 3.00. The van der Waals surface area contributed by atoms with Crippen LogP contribution >= 0.6 is 11.3 Å². The molecule has 1 aromatic heterocycles. The Labute approximate surface area is 137 Å². The number of carbonyl (C=O) groups excluding carboxylic acids is 1. The molecule has 1 atom stereocenters. The van der Waals surface area contributed by atoms with Crippen LogP contribution in [-0.4, -0.2) is 20.9 Å². The van der Waals surface area contributed by atoms with Gasteiger partial charge in [0.2, 0.25) is 5.91 Å². The fraction of sp³-hybridized carbons (Fsp3) is 0.375. The van der Waals surface area contributed by atoms with Crippen LogP contribution in [0.1, 0.15) is 36.0 Å². The predicted molar refractivity (Wildman–Crippen MR) is 91.2 cm³/mol. The Morgan fingerprint density at radius 1 is 1.32 bits per heavy atom. The van der Waals surface area contributed by atoms with Crippen molar-refractivity contribution in [2.45, 2.75) is 32.1 Å². The van der Waals surface area contributed by atoms with E-state index in [0.717, 1.165) is 16.3 Å². The molecule has 4 nitrogen and oxygen atoms in total. The van der Waals surface area contributed by atoms with Crippen molar-refractivity contribution in [1.29, 1.82) is 0 Å². The molecule has 0 saturated carbocycles. The Morgan fingerprint density at radius 3 is 2.68 bits per heavy atom. The molecule has 118 valence electrons. The van der Waals surface area contributed by atoms with Gasteiger partial charge in [0.15, 0.2) is 0 Å². The molecule has 0 fully saturated rings. The highest BCUT2D eigenvalue weighted by molar-refractivity contribution is 7.84. The van der Waals surface area contributed by atoms with Crippen molar-refractivity contribution in [3.8, 4) is 0 Å². The summed E-state index contributed by atoms with van der Waals surface area (Å²) in [5, 5.41) is 5.76. The molecule has 0 aliphatic carbocycles. The summed E-state index contributed by atoms with van der Waals surface area (Å²) in [4.78, 5) is 16.3. The van der Waals surface area contributed by atoms with Crippen LogP contribution in [0.4, 0.5) is 0 Å². The van der Waals surface area contributed by atoms with Crippen molar-refractivity contribution in [1.82, 2.24) is 10.3 Å². The van der Waals surface area contributed by atoms with Gasteiger partial charge in [-0.1, -0.05) is 44.2 Å². The predicted octanol–water partition coefficient (Wildman–Crippen LogP) is 2.83. The molecule has 0 bridgehead atoms. The maximum atomic E-state index is 12.0. The van der Waals surface area contributed by atoms with Crippen LogP contribution in [0.3, 0.4) is 0 Å². The largest absolute Gasteiger partial charge is 0.351 e. The Balaban J connectivity index is 1.77. The molecule has 6 heteroatoms. The van der Waals surface area contributed by atoms with E-state index >= 15 is 0 Å². The van der Waals surface area contributed by atoms with Gasteiger partial charge in [0, 0.05) is 28.6 Å². The standard InChI is InChI=1S/C16H20N2O2S2/c1-12(2)16-18-14(9-21-16)10-22(20)11-15(19)17-8-13-6-4-3-5-7-13/h3-7,9,12H,8,10-11H2,1-2H3,(H,17,19)/t22-/m0/s1. The number of thiazole rings is 1. The highest BCUT2D eigenvalue weighted by Gasteiger charge is 2.12. The number of hydrogen-bond acceptors (Lipinski definition) is 4. The van der Waals surface area contributed by atoms with Gasteiger partial charge in [-0.3, -0.25) is 9.00 Å². The molecule has 0 unspecified atom stereocenters. The van der Waals surface area contributed by atoms with Gasteiger partial charge < -0.3 is 5.32 Å². The van der Waals surface area contributed by atoms with E-state index in [0.29, 0.717) is 18.2 Å². The van der Waals surface area contributed by atoms with Crippen LogP contribution in [0.15, 0.2) is 35.7 Å². The molecule has 22 heavy (non-hydrogen) atoms. The van der Waals surface area contributed by atoms with Crippen molar-refractivity contribution < 1.29 is 9.00 Å². The van der Waals surface area contributed by atoms with Crippen molar-refractivity contribution >= 4 is 28.0 Å². The van der Waals surface area contributed by atoms with Gasteiger partial charge in [0.25, 0.3) is 0 Å². The van der Waals surface area contributed by atoms with Crippen molar-refractivity contribution in [3.63, 3.8) is 0 Å². The van der Waals surface area contributed by atoms with E-state index in [-0.39, 0.29) is 11.7 Å². The molecule has 2 rings (SSSR count). The molecule has 1 N–H and O–H groups in total. The summed E-state index contributed by atoms with van der Waals surface area (Å²) < 4.78 is 12.0. The maximum Gasteiger partial charge on any atom is 0.232 e. The van der Waals surface area contributed by atoms with E-state index in [4.69, 9.17) is 0 Å². The minimum absolute atomic E-state index is 0.0153. The van der Waals surface area contributed by atoms with Crippen LogP contribution in [0.5, 0.6) is 0 Å². The lowest BCUT2D eigenvalue weighted by molar-refractivity contribution is -0.118. The van der Waals surface area contributed by atoms with Gasteiger partial charge in [0.05, 0.1) is 16.5 Å². The first-order chi connectivity index (χ1) is 10.5. The van der Waals surface area contributed by atoms with Gasteiger partial charge in [-0.05, 0) is 5.56 Å². The van der Waals surface area contributed by atoms with E-state index < -0.39 is 10.8 Å². The molecule has 0 radical (unpaired) electrons. The number of nitrogens with zero attached hydrogens (tertiary/aromatic N) is 1. The normalized spacial score (nSPS) is 12.3. The van der Waals surface area contributed by atoms with Gasteiger partial charge in [-0.2, -0.15) is 0 Å². The highest BCUT2D eigenvalue weighted by atomic mass is 32.2. The van der Waals surface area contributed by atoms with Crippen LogP contribution in [0.25, 0.3) is 0 Å². The average molecular weight is 336 g/mol. The SMILES string of the molecule is CC(C)c1nc(C[S@](=O)CC(=O)NCc2ccccc2)cs1. The number of nitrogens with one attached hydrogen (secondary N) is 1. The van der Waals surface area contributed by atoms with E-state index in [1.54, 1.807) is 11.3 Å². The first kappa shape index (κ1) is 16.8. The van der Waals surface area contributed by atoms with Gasteiger partial charge in [-0.15, -0.1) is 11.3 Å². The van der Waals surface area contributed by atoms with E-state index in [1.165, 1.54) is 0 Å². The van der Waals surface area contributed by atoms with Crippen molar-refractivity contribution in [2.24, 2.45) is 0 Å². The minimum atomic E-state index is -1.23. The fourth-order valence-electron chi connectivity index (χ4n) is 1.86. The lowest BCUT2D eigenvalue weighted by Gasteiger charge is -2.05. The summed E-state index contributed by atoms with van der Waals surface area (Å²) in [6.07, 6.45) is 0. The second kappa shape index (κ2) is 8.19. The fourth-order valence-corrected chi connectivity index (χ4v) is 3.78. The summed E-state index contributed by atoms with van der Waals surface area (Å²) in [6.45, 7) is 4.62. The van der Waals surface area contributed by atoms with Crippen LogP contribution < -0.4 is 5.32 Å². The highest BCUT2D eigenvalue weighted by Crippen LogP contribution is 2.19. The molecule has 0 saturated heterocycles. The van der Waals surface area contributed by atoms with Crippen LogP contribution in [0, 0.1) is 0 Å². The van der Waals surface area contributed by atoms with E-state index in [2.05, 4.69) is 24.1 Å². The Morgan fingerprint density at radius 2 is 2.05 bits per heavy atom. The molecule has 0 aliphatic rings. The molecule has 1 heterocycles. The van der Waals surface area contributed by atoms with Gasteiger partial charge >= 0.3 is 0 Å². The molecular formula is C16H20N2O2S2. The average Bonchev–Trinajstić information content (AvgIpc) is 2.95. The molecule has 1 aromatic carbocycles. The summed E-state index contributed by atoms with van der Waals surface area (Å²) in [7, 11) is -1.23. The Bertz CT molecular complexity index is 639. The number of hydrogen-bond donors (Lipinski definition) is 1.